The number of aryl methyl sites for hydroxylation is 1. The maximum Gasteiger partial charge on any atom is 0.573 e. The van der Waals surface area contributed by atoms with Gasteiger partial charge in [0.25, 0.3) is 0 Å². The molecule has 0 spiro atoms. The number of halogens is 3. The first-order valence-electron chi connectivity index (χ1n) is 8.70. The molecule has 1 aromatic carbocycles. The largest absolute Gasteiger partial charge is 0.573 e. The average molecular weight is 419 g/mol. The maximum absolute atomic E-state index is 12.9. The molecule has 0 amide bonds. The molecular weight excluding hydrogens is 403 g/mol. The van der Waals surface area contributed by atoms with E-state index in [1.54, 1.807) is 34.5 Å². The van der Waals surface area contributed by atoms with Gasteiger partial charge in [-0.1, -0.05) is 0 Å². The molecule has 4 rings (SSSR count). The minimum absolute atomic E-state index is 0.129. The second kappa shape index (κ2) is 7.54. The first-order valence-corrected chi connectivity index (χ1v) is 8.70. The monoisotopic (exact) mass is 419 g/mol. The summed E-state index contributed by atoms with van der Waals surface area (Å²) in [5.41, 5.74) is 0.901. The van der Waals surface area contributed by atoms with Crippen LogP contribution in [0.1, 0.15) is 5.82 Å². The fraction of sp³-hybridized carbons (Fsp3) is 0.222. The molecule has 0 aliphatic carbocycles. The van der Waals surface area contributed by atoms with Gasteiger partial charge in [0, 0.05) is 24.9 Å². The molecule has 1 N–H and O–H groups in total. The smallest absolute Gasteiger partial charge is 0.497 e. The predicted octanol–water partition coefficient (Wildman–Crippen LogP) is 3.04. The van der Waals surface area contributed by atoms with E-state index in [4.69, 9.17) is 4.74 Å². The molecule has 0 fully saturated rings. The quantitative estimate of drug-likeness (QED) is 0.514. The first kappa shape index (κ1) is 19.5. The summed E-state index contributed by atoms with van der Waals surface area (Å²) in [5.74, 6) is 0.865. The summed E-state index contributed by atoms with van der Waals surface area (Å²) < 4.78 is 51.3. The van der Waals surface area contributed by atoms with Crippen molar-refractivity contribution in [3.63, 3.8) is 0 Å². The van der Waals surface area contributed by atoms with Gasteiger partial charge in [0.05, 0.1) is 19.2 Å². The van der Waals surface area contributed by atoms with Crippen LogP contribution in [0.5, 0.6) is 11.5 Å². The van der Waals surface area contributed by atoms with Gasteiger partial charge in [-0.2, -0.15) is 5.10 Å². The fourth-order valence-corrected chi connectivity index (χ4v) is 2.94. The highest BCUT2D eigenvalue weighted by Crippen LogP contribution is 2.37. The predicted molar refractivity (Wildman–Crippen MR) is 100.0 cm³/mol. The topological polar surface area (TPSA) is 91.4 Å². The Hall–Kier alpha value is -3.83. The average Bonchev–Trinajstić information content (AvgIpc) is 3.34. The molecule has 0 saturated carbocycles. The van der Waals surface area contributed by atoms with E-state index in [1.165, 1.54) is 25.6 Å². The van der Waals surface area contributed by atoms with Gasteiger partial charge < -0.3 is 14.8 Å². The van der Waals surface area contributed by atoms with Crippen LogP contribution in [0.2, 0.25) is 0 Å². The summed E-state index contributed by atoms with van der Waals surface area (Å²) in [6.45, 7) is 0.336. The van der Waals surface area contributed by atoms with E-state index < -0.39 is 12.1 Å². The van der Waals surface area contributed by atoms with Crippen LogP contribution in [0, 0.1) is 0 Å². The van der Waals surface area contributed by atoms with E-state index >= 15 is 0 Å². The first-order chi connectivity index (χ1) is 14.4. The number of hydrogen-bond donors (Lipinski definition) is 1. The van der Waals surface area contributed by atoms with E-state index in [2.05, 4.69) is 30.3 Å². The summed E-state index contributed by atoms with van der Waals surface area (Å²) in [5, 5.41) is 15.4. The van der Waals surface area contributed by atoms with Crippen molar-refractivity contribution in [2.75, 3.05) is 12.4 Å². The van der Waals surface area contributed by atoms with Crippen LogP contribution >= 0.6 is 0 Å². The molecule has 0 bridgehead atoms. The number of methoxy groups -OCH3 is 1. The van der Waals surface area contributed by atoms with Crippen molar-refractivity contribution < 1.29 is 22.6 Å². The Morgan fingerprint density at radius 1 is 1.17 bits per heavy atom. The number of aromatic nitrogens is 6. The van der Waals surface area contributed by atoms with Crippen LogP contribution in [-0.2, 0) is 13.6 Å². The zero-order valence-corrected chi connectivity index (χ0v) is 15.9. The van der Waals surface area contributed by atoms with E-state index in [1.807, 2.05) is 0 Å². The van der Waals surface area contributed by atoms with Crippen molar-refractivity contribution in [1.29, 1.82) is 0 Å². The number of alkyl halides is 3. The van der Waals surface area contributed by atoms with E-state index in [-0.39, 0.29) is 17.0 Å². The molecule has 12 heteroatoms. The molecule has 0 atom stereocenters. The molecule has 30 heavy (non-hydrogen) atoms. The standard InChI is InChI=1S/C18H16F3N7O2/c1-27-15(23-10-24-27)9-22-17-26-25-16(13-4-3-7-28(13)17)12-6-5-11(29-2)8-14(12)30-18(19,20)21/h3-8,10H,9H2,1-2H3,(H,22,26). The Morgan fingerprint density at radius 3 is 2.70 bits per heavy atom. The third-order valence-electron chi connectivity index (χ3n) is 4.34. The van der Waals surface area contributed by atoms with Gasteiger partial charge in [-0.25, -0.2) is 4.98 Å². The van der Waals surface area contributed by atoms with Crippen molar-refractivity contribution in [2.45, 2.75) is 12.9 Å². The zero-order valence-electron chi connectivity index (χ0n) is 15.9. The zero-order chi connectivity index (χ0) is 21.3. The summed E-state index contributed by atoms with van der Waals surface area (Å²) in [6, 6.07) is 7.59. The second-order valence-corrected chi connectivity index (χ2v) is 6.20. The highest BCUT2D eigenvalue weighted by Gasteiger charge is 2.33. The highest BCUT2D eigenvalue weighted by atomic mass is 19.4. The van der Waals surface area contributed by atoms with Crippen molar-refractivity contribution in [3.05, 3.63) is 48.7 Å². The van der Waals surface area contributed by atoms with Crippen LogP contribution in [0.4, 0.5) is 19.1 Å². The minimum atomic E-state index is -4.87. The summed E-state index contributed by atoms with van der Waals surface area (Å²) in [6.07, 6.45) is -1.71. The summed E-state index contributed by atoms with van der Waals surface area (Å²) in [4.78, 5) is 4.12. The molecule has 3 heterocycles. The molecule has 0 aliphatic heterocycles. The van der Waals surface area contributed by atoms with Crippen LogP contribution in [0.15, 0.2) is 42.9 Å². The Kier molecular flexibility index (Phi) is 4.90. The number of anilines is 1. The number of benzene rings is 1. The van der Waals surface area contributed by atoms with E-state index in [0.717, 1.165) is 6.07 Å². The molecule has 0 unspecified atom stereocenters. The third-order valence-corrected chi connectivity index (χ3v) is 4.34. The van der Waals surface area contributed by atoms with Crippen molar-refractivity contribution >= 4 is 11.5 Å². The molecule has 0 aliphatic rings. The molecular formula is C18H16F3N7O2. The van der Waals surface area contributed by atoms with Gasteiger partial charge in [0.1, 0.15) is 29.3 Å². The highest BCUT2D eigenvalue weighted by molar-refractivity contribution is 5.81. The summed E-state index contributed by atoms with van der Waals surface area (Å²) >= 11 is 0. The van der Waals surface area contributed by atoms with Crippen LogP contribution in [0.25, 0.3) is 16.8 Å². The second-order valence-electron chi connectivity index (χ2n) is 6.20. The lowest BCUT2D eigenvalue weighted by Crippen LogP contribution is -2.18. The SMILES string of the molecule is COc1ccc(-c2nnc(NCc3ncnn3C)n3cccc23)c(OC(F)(F)F)c1. The summed E-state index contributed by atoms with van der Waals surface area (Å²) in [7, 11) is 3.12. The van der Waals surface area contributed by atoms with Crippen LogP contribution in [-0.4, -0.2) is 42.8 Å². The number of hydrogen-bond acceptors (Lipinski definition) is 7. The van der Waals surface area contributed by atoms with Crippen molar-refractivity contribution in [1.82, 2.24) is 29.4 Å². The maximum atomic E-state index is 12.9. The van der Waals surface area contributed by atoms with Crippen LogP contribution < -0.4 is 14.8 Å². The number of fused-ring (bicyclic) bond motifs is 1. The lowest BCUT2D eigenvalue weighted by atomic mass is 10.1. The number of rotatable bonds is 6. The number of nitrogens with zero attached hydrogens (tertiary/aromatic N) is 6. The van der Waals surface area contributed by atoms with Gasteiger partial charge >= 0.3 is 6.36 Å². The molecule has 156 valence electrons. The van der Waals surface area contributed by atoms with Crippen molar-refractivity contribution in [2.24, 2.45) is 7.05 Å². The number of nitrogens with one attached hydrogen (secondary N) is 1. The lowest BCUT2D eigenvalue weighted by molar-refractivity contribution is -0.274. The Morgan fingerprint density at radius 2 is 2.00 bits per heavy atom. The van der Waals surface area contributed by atoms with Gasteiger partial charge in [-0.3, -0.25) is 9.08 Å². The van der Waals surface area contributed by atoms with Crippen molar-refractivity contribution in [3.8, 4) is 22.8 Å². The normalized spacial score (nSPS) is 11.6. The van der Waals surface area contributed by atoms with Gasteiger partial charge in [0.15, 0.2) is 0 Å². The number of ether oxygens (including phenoxy) is 2. The van der Waals surface area contributed by atoms with Crippen LogP contribution in [0.3, 0.4) is 0 Å². The van der Waals surface area contributed by atoms with E-state index in [0.29, 0.717) is 23.8 Å². The molecule has 3 aromatic heterocycles. The molecule has 4 aromatic rings. The molecule has 0 radical (unpaired) electrons. The third kappa shape index (κ3) is 3.83. The lowest BCUT2D eigenvalue weighted by Gasteiger charge is -2.15. The molecule has 9 nitrogen and oxygen atoms in total. The van der Waals surface area contributed by atoms with Gasteiger partial charge in [-0.15, -0.1) is 23.4 Å². The Bertz CT molecular complexity index is 1190. The van der Waals surface area contributed by atoms with E-state index in [9.17, 15) is 13.2 Å². The molecule has 0 saturated heterocycles. The Balaban J connectivity index is 1.74. The van der Waals surface area contributed by atoms with Gasteiger partial charge in [-0.05, 0) is 24.3 Å². The fourth-order valence-electron chi connectivity index (χ4n) is 2.94. The minimum Gasteiger partial charge on any atom is -0.497 e. The Labute approximate surface area is 168 Å². The van der Waals surface area contributed by atoms with Gasteiger partial charge in [0.2, 0.25) is 5.95 Å².